The molecule has 1 N–H and O–H groups in total. The summed E-state index contributed by atoms with van der Waals surface area (Å²) in [4.78, 5) is 10.5. The van der Waals surface area contributed by atoms with Gasteiger partial charge in [0.25, 0.3) is 0 Å². The van der Waals surface area contributed by atoms with Gasteiger partial charge in [0.05, 0.1) is 6.54 Å². The van der Waals surface area contributed by atoms with Gasteiger partial charge in [-0.15, -0.1) is 0 Å². The van der Waals surface area contributed by atoms with Crippen LogP contribution >= 0.6 is 0 Å². The Kier molecular flexibility index (Phi) is 3.76. The number of hydrogen-bond donors (Lipinski definition) is 1. The predicted molar refractivity (Wildman–Crippen MR) is 71.7 cm³/mol. The minimum Gasteiger partial charge on any atom is -0.366 e. The standard InChI is InChI=1S/C12H18N6/c1-10(9-18-8-4-6-14-18)15-11-5-7-13-12(16-11)17(2)3/h4-8,10H,9H2,1-3H3,(H,13,15,16). The normalized spacial score (nSPS) is 12.2. The van der Waals surface area contributed by atoms with Crippen molar-refractivity contribution in [3.63, 3.8) is 0 Å². The molecule has 6 heteroatoms. The van der Waals surface area contributed by atoms with Crippen molar-refractivity contribution in [1.82, 2.24) is 19.7 Å². The maximum atomic E-state index is 4.42. The highest BCUT2D eigenvalue weighted by Gasteiger charge is 2.06. The second-order valence-corrected chi connectivity index (χ2v) is 4.41. The van der Waals surface area contributed by atoms with E-state index in [9.17, 15) is 0 Å². The molecule has 96 valence electrons. The summed E-state index contributed by atoms with van der Waals surface area (Å²) in [5.41, 5.74) is 0. The van der Waals surface area contributed by atoms with E-state index in [2.05, 4.69) is 27.3 Å². The van der Waals surface area contributed by atoms with E-state index in [1.165, 1.54) is 0 Å². The monoisotopic (exact) mass is 246 g/mol. The molecule has 0 saturated carbocycles. The van der Waals surface area contributed by atoms with E-state index < -0.39 is 0 Å². The SMILES string of the molecule is CC(Cn1cccn1)Nc1ccnc(N(C)C)n1. The van der Waals surface area contributed by atoms with Crippen LogP contribution < -0.4 is 10.2 Å². The van der Waals surface area contributed by atoms with Crippen molar-refractivity contribution < 1.29 is 0 Å². The van der Waals surface area contributed by atoms with Gasteiger partial charge in [-0.25, -0.2) is 4.98 Å². The van der Waals surface area contributed by atoms with Crippen molar-refractivity contribution in [1.29, 1.82) is 0 Å². The molecule has 0 radical (unpaired) electrons. The maximum absolute atomic E-state index is 4.42. The number of hydrogen-bond acceptors (Lipinski definition) is 5. The molecule has 0 aromatic carbocycles. The van der Waals surface area contributed by atoms with Crippen LogP contribution in [0.3, 0.4) is 0 Å². The second kappa shape index (κ2) is 5.48. The minimum atomic E-state index is 0.245. The summed E-state index contributed by atoms with van der Waals surface area (Å²) in [6.07, 6.45) is 5.48. The van der Waals surface area contributed by atoms with Gasteiger partial charge in [0.15, 0.2) is 0 Å². The van der Waals surface area contributed by atoms with Crippen molar-refractivity contribution in [3.8, 4) is 0 Å². The molecule has 2 aromatic heterocycles. The third-order valence-corrected chi connectivity index (χ3v) is 2.46. The Balaban J connectivity index is 1.98. The number of aromatic nitrogens is 4. The summed E-state index contributed by atoms with van der Waals surface area (Å²) < 4.78 is 1.89. The van der Waals surface area contributed by atoms with E-state index in [0.29, 0.717) is 5.95 Å². The molecule has 2 aromatic rings. The molecule has 0 bridgehead atoms. The lowest BCUT2D eigenvalue weighted by molar-refractivity contribution is 0.559. The first-order chi connectivity index (χ1) is 8.65. The lowest BCUT2D eigenvalue weighted by atomic mass is 10.3. The van der Waals surface area contributed by atoms with Gasteiger partial charge in [-0.2, -0.15) is 10.1 Å². The quantitative estimate of drug-likeness (QED) is 0.860. The topological polar surface area (TPSA) is 58.9 Å². The second-order valence-electron chi connectivity index (χ2n) is 4.41. The fourth-order valence-electron chi connectivity index (χ4n) is 1.63. The summed E-state index contributed by atoms with van der Waals surface area (Å²) in [7, 11) is 3.85. The van der Waals surface area contributed by atoms with E-state index in [1.807, 2.05) is 42.0 Å². The largest absolute Gasteiger partial charge is 0.366 e. The zero-order valence-corrected chi connectivity index (χ0v) is 10.9. The minimum absolute atomic E-state index is 0.245. The van der Waals surface area contributed by atoms with Gasteiger partial charge < -0.3 is 10.2 Å². The lowest BCUT2D eigenvalue weighted by Gasteiger charge is -2.16. The molecule has 0 fully saturated rings. The average Bonchev–Trinajstić information content (AvgIpc) is 2.82. The first kappa shape index (κ1) is 12.3. The van der Waals surface area contributed by atoms with Crippen molar-refractivity contribution in [2.45, 2.75) is 19.5 Å². The Morgan fingerprint density at radius 2 is 2.22 bits per heavy atom. The van der Waals surface area contributed by atoms with E-state index in [-0.39, 0.29) is 6.04 Å². The van der Waals surface area contributed by atoms with Crippen LogP contribution in [0.4, 0.5) is 11.8 Å². The summed E-state index contributed by atoms with van der Waals surface area (Å²) in [6, 6.07) is 4.03. The Hall–Kier alpha value is -2.11. The van der Waals surface area contributed by atoms with E-state index >= 15 is 0 Å². The molecule has 0 saturated heterocycles. The molecule has 0 amide bonds. The maximum Gasteiger partial charge on any atom is 0.226 e. The molecule has 0 aliphatic heterocycles. The molecule has 0 aliphatic carbocycles. The molecule has 0 spiro atoms. The highest BCUT2D eigenvalue weighted by Crippen LogP contribution is 2.09. The number of rotatable bonds is 5. The van der Waals surface area contributed by atoms with Crippen molar-refractivity contribution in [2.24, 2.45) is 0 Å². The lowest BCUT2D eigenvalue weighted by Crippen LogP contribution is -2.23. The third kappa shape index (κ3) is 3.19. The van der Waals surface area contributed by atoms with E-state index in [1.54, 1.807) is 12.4 Å². The Labute approximate surface area is 107 Å². The fraction of sp³-hybridized carbons (Fsp3) is 0.417. The summed E-state index contributed by atoms with van der Waals surface area (Å²) in [5, 5.41) is 7.52. The predicted octanol–water partition coefficient (Wildman–Crippen LogP) is 1.24. The Bertz CT molecular complexity index is 479. The van der Waals surface area contributed by atoms with Crippen LogP contribution in [0.1, 0.15) is 6.92 Å². The molecular weight excluding hydrogens is 228 g/mol. The first-order valence-electron chi connectivity index (χ1n) is 5.89. The van der Waals surface area contributed by atoms with Crippen molar-refractivity contribution in [3.05, 3.63) is 30.7 Å². The van der Waals surface area contributed by atoms with Gasteiger partial charge in [-0.1, -0.05) is 0 Å². The highest BCUT2D eigenvalue weighted by molar-refractivity contribution is 5.40. The van der Waals surface area contributed by atoms with Gasteiger partial charge in [-0.3, -0.25) is 4.68 Å². The third-order valence-electron chi connectivity index (χ3n) is 2.46. The highest BCUT2D eigenvalue weighted by atomic mass is 15.3. The van der Waals surface area contributed by atoms with Crippen LogP contribution in [-0.4, -0.2) is 39.9 Å². The van der Waals surface area contributed by atoms with Crippen LogP contribution in [0.2, 0.25) is 0 Å². The zero-order valence-electron chi connectivity index (χ0n) is 10.9. The van der Waals surface area contributed by atoms with Crippen molar-refractivity contribution >= 4 is 11.8 Å². The number of nitrogens with zero attached hydrogens (tertiary/aromatic N) is 5. The van der Waals surface area contributed by atoms with Gasteiger partial charge >= 0.3 is 0 Å². The van der Waals surface area contributed by atoms with Crippen LogP contribution in [-0.2, 0) is 6.54 Å². The number of anilines is 2. The molecule has 1 unspecified atom stereocenters. The van der Waals surface area contributed by atoms with Crippen LogP contribution in [0.25, 0.3) is 0 Å². The van der Waals surface area contributed by atoms with Gasteiger partial charge in [0.2, 0.25) is 5.95 Å². The summed E-state index contributed by atoms with van der Waals surface area (Å²) in [6.45, 7) is 2.90. The Morgan fingerprint density at radius 3 is 2.89 bits per heavy atom. The number of nitrogens with one attached hydrogen (secondary N) is 1. The Morgan fingerprint density at radius 1 is 1.39 bits per heavy atom. The zero-order chi connectivity index (χ0) is 13.0. The van der Waals surface area contributed by atoms with Crippen LogP contribution in [0.15, 0.2) is 30.7 Å². The molecule has 2 heterocycles. The first-order valence-corrected chi connectivity index (χ1v) is 5.89. The molecule has 18 heavy (non-hydrogen) atoms. The van der Waals surface area contributed by atoms with Gasteiger partial charge in [0.1, 0.15) is 5.82 Å². The van der Waals surface area contributed by atoms with Gasteiger partial charge in [0, 0.05) is 38.7 Å². The molecule has 1 atom stereocenters. The smallest absolute Gasteiger partial charge is 0.226 e. The van der Waals surface area contributed by atoms with Crippen molar-refractivity contribution in [2.75, 3.05) is 24.3 Å². The summed E-state index contributed by atoms with van der Waals surface area (Å²) >= 11 is 0. The van der Waals surface area contributed by atoms with Crippen LogP contribution in [0, 0.1) is 0 Å². The molecule has 0 aliphatic rings. The molecule has 2 rings (SSSR count). The summed E-state index contributed by atoms with van der Waals surface area (Å²) in [5.74, 6) is 1.53. The fourth-order valence-corrected chi connectivity index (χ4v) is 1.63. The van der Waals surface area contributed by atoms with Gasteiger partial charge in [-0.05, 0) is 19.1 Å². The van der Waals surface area contributed by atoms with Crippen LogP contribution in [0.5, 0.6) is 0 Å². The van der Waals surface area contributed by atoms with E-state index in [4.69, 9.17) is 0 Å². The van der Waals surface area contributed by atoms with E-state index in [0.717, 1.165) is 12.4 Å². The molecular formula is C12H18N6. The molecule has 6 nitrogen and oxygen atoms in total. The average molecular weight is 246 g/mol.